The van der Waals surface area contributed by atoms with Crippen LogP contribution in [0.3, 0.4) is 0 Å². The molecule has 0 amide bonds. The Kier molecular flexibility index (Phi) is 3.18. The van der Waals surface area contributed by atoms with Gasteiger partial charge in [-0.05, 0) is 17.7 Å². The molecular weight excluding hydrogens is 218 g/mol. The predicted molar refractivity (Wildman–Crippen MR) is 51.7 cm³/mol. The molecule has 0 saturated carbocycles. The number of rotatable bonds is 2. The average molecular weight is 230 g/mol. The van der Waals surface area contributed by atoms with Gasteiger partial charge in [-0.3, -0.25) is 0 Å². The highest BCUT2D eigenvalue weighted by Crippen LogP contribution is 2.33. The predicted octanol–water partition coefficient (Wildman–Crippen LogP) is 1.15. The van der Waals surface area contributed by atoms with Gasteiger partial charge in [0.1, 0.15) is 6.10 Å². The van der Waals surface area contributed by atoms with E-state index >= 15 is 0 Å². The highest BCUT2D eigenvalue weighted by molar-refractivity contribution is 5.21. The van der Waals surface area contributed by atoms with E-state index in [1.165, 1.54) is 6.07 Å². The Morgan fingerprint density at radius 3 is 2.62 bits per heavy atom. The Balaban J connectivity index is 2.17. The van der Waals surface area contributed by atoms with Gasteiger partial charge >= 0.3 is 0 Å². The van der Waals surface area contributed by atoms with Gasteiger partial charge in [0.25, 0.3) is 0 Å². The normalized spacial score (nSPS) is 29.6. The van der Waals surface area contributed by atoms with Gasteiger partial charge in [0, 0.05) is 6.42 Å². The molecule has 1 saturated heterocycles. The maximum Gasteiger partial charge on any atom is 0.159 e. The van der Waals surface area contributed by atoms with Gasteiger partial charge in [-0.15, -0.1) is 0 Å². The molecule has 2 N–H and O–H groups in total. The van der Waals surface area contributed by atoms with Crippen LogP contribution in [0.25, 0.3) is 0 Å². The topological polar surface area (TPSA) is 49.7 Å². The molecule has 2 rings (SSSR count). The number of halogens is 2. The molecule has 1 heterocycles. The van der Waals surface area contributed by atoms with Crippen molar-refractivity contribution in [1.82, 2.24) is 0 Å². The summed E-state index contributed by atoms with van der Waals surface area (Å²) < 4.78 is 31.0. The van der Waals surface area contributed by atoms with E-state index in [4.69, 9.17) is 9.84 Å². The minimum absolute atomic E-state index is 0.274. The van der Waals surface area contributed by atoms with E-state index in [2.05, 4.69) is 0 Å². The Bertz CT molecular complexity index is 383. The van der Waals surface area contributed by atoms with Crippen LogP contribution in [0.2, 0.25) is 0 Å². The quantitative estimate of drug-likeness (QED) is 0.801. The Morgan fingerprint density at radius 1 is 1.31 bits per heavy atom. The molecule has 1 aromatic rings. The van der Waals surface area contributed by atoms with Crippen molar-refractivity contribution in [2.75, 3.05) is 6.61 Å². The van der Waals surface area contributed by atoms with Crippen LogP contribution in [0.1, 0.15) is 18.1 Å². The SMILES string of the molecule is OC[C@H]1O[C@@H](c2ccc(F)c(F)c2)C[C@@H]1O. The van der Waals surface area contributed by atoms with Crippen LogP contribution < -0.4 is 0 Å². The monoisotopic (exact) mass is 230 g/mol. The number of hydrogen-bond acceptors (Lipinski definition) is 3. The molecule has 5 heteroatoms. The molecule has 3 nitrogen and oxygen atoms in total. The van der Waals surface area contributed by atoms with Crippen LogP contribution in [0.15, 0.2) is 18.2 Å². The smallest absolute Gasteiger partial charge is 0.159 e. The van der Waals surface area contributed by atoms with Gasteiger partial charge in [-0.1, -0.05) is 6.07 Å². The van der Waals surface area contributed by atoms with Crippen LogP contribution in [-0.4, -0.2) is 29.0 Å². The summed E-state index contributed by atoms with van der Waals surface area (Å²) in [4.78, 5) is 0. The van der Waals surface area contributed by atoms with Gasteiger partial charge in [-0.25, -0.2) is 8.78 Å². The van der Waals surface area contributed by atoms with Gasteiger partial charge in [0.15, 0.2) is 11.6 Å². The summed E-state index contributed by atoms with van der Waals surface area (Å²) in [5.74, 6) is -1.86. The van der Waals surface area contributed by atoms with Gasteiger partial charge in [0.2, 0.25) is 0 Å². The molecule has 16 heavy (non-hydrogen) atoms. The van der Waals surface area contributed by atoms with Crippen LogP contribution >= 0.6 is 0 Å². The van der Waals surface area contributed by atoms with Gasteiger partial charge in [0.05, 0.1) is 18.8 Å². The van der Waals surface area contributed by atoms with Crippen LogP contribution in [0.4, 0.5) is 8.78 Å². The number of aliphatic hydroxyl groups is 2. The second-order valence-electron chi connectivity index (χ2n) is 3.82. The number of ether oxygens (including phenoxy) is 1. The molecule has 0 unspecified atom stereocenters. The minimum atomic E-state index is -0.942. The third kappa shape index (κ3) is 2.07. The summed E-state index contributed by atoms with van der Waals surface area (Å²) in [6, 6.07) is 3.48. The molecule has 0 bridgehead atoms. The van der Waals surface area contributed by atoms with Gasteiger partial charge < -0.3 is 14.9 Å². The third-order valence-corrected chi connectivity index (χ3v) is 2.72. The molecule has 0 radical (unpaired) electrons. The van der Waals surface area contributed by atoms with E-state index in [1.807, 2.05) is 0 Å². The molecule has 0 aliphatic carbocycles. The lowest BCUT2D eigenvalue weighted by Gasteiger charge is -2.12. The Hall–Kier alpha value is -1.04. The van der Waals surface area contributed by atoms with Crippen molar-refractivity contribution in [1.29, 1.82) is 0 Å². The maximum absolute atomic E-state index is 13.0. The lowest BCUT2D eigenvalue weighted by molar-refractivity contribution is -0.0226. The van der Waals surface area contributed by atoms with Crippen molar-refractivity contribution in [2.45, 2.75) is 24.7 Å². The number of benzene rings is 1. The maximum atomic E-state index is 13.0. The lowest BCUT2D eigenvalue weighted by Crippen LogP contribution is -2.24. The Morgan fingerprint density at radius 2 is 2.06 bits per heavy atom. The summed E-state index contributed by atoms with van der Waals surface area (Å²) in [6.45, 7) is -0.290. The van der Waals surface area contributed by atoms with Crippen molar-refractivity contribution < 1.29 is 23.7 Å². The second-order valence-corrected chi connectivity index (χ2v) is 3.82. The minimum Gasteiger partial charge on any atom is -0.394 e. The summed E-state index contributed by atoms with van der Waals surface area (Å²) >= 11 is 0. The fourth-order valence-corrected chi connectivity index (χ4v) is 1.82. The largest absolute Gasteiger partial charge is 0.394 e. The first-order valence-corrected chi connectivity index (χ1v) is 5.01. The van der Waals surface area contributed by atoms with E-state index < -0.39 is 29.9 Å². The molecule has 0 aromatic heterocycles. The summed E-state index contributed by atoms with van der Waals surface area (Å²) in [5, 5.41) is 18.4. The molecule has 0 spiro atoms. The summed E-state index contributed by atoms with van der Waals surface area (Å²) in [6.07, 6.45) is -1.65. The van der Waals surface area contributed by atoms with Crippen LogP contribution in [0.5, 0.6) is 0 Å². The van der Waals surface area contributed by atoms with E-state index in [-0.39, 0.29) is 13.0 Å². The average Bonchev–Trinajstić information content (AvgIpc) is 2.64. The lowest BCUT2D eigenvalue weighted by atomic mass is 10.0. The zero-order valence-electron chi connectivity index (χ0n) is 8.44. The highest BCUT2D eigenvalue weighted by atomic mass is 19.2. The van der Waals surface area contributed by atoms with Crippen LogP contribution in [0, 0.1) is 11.6 Å². The van der Waals surface area contributed by atoms with E-state index in [1.54, 1.807) is 0 Å². The number of hydrogen-bond donors (Lipinski definition) is 2. The first-order chi connectivity index (χ1) is 7.61. The standard InChI is InChI=1S/C11H12F2O3/c12-7-2-1-6(3-8(7)13)10-4-9(15)11(5-14)16-10/h1-3,9-11,14-15H,4-5H2/t9-,10+,11+/m0/s1. The Labute approximate surface area is 91.3 Å². The van der Waals surface area contributed by atoms with Crippen molar-refractivity contribution >= 4 is 0 Å². The zero-order chi connectivity index (χ0) is 11.7. The summed E-state index contributed by atoms with van der Waals surface area (Å²) in [5.41, 5.74) is 0.467. The fraction of sp³-hybridized carbons (Fsp3) is 0.455. The first kappa shape index (κ1) is 11.4. The van der Waals surface area contributed by atoms with Gasteiger partial charge in [-0.2, -0.15) is 0 Å². The third-order valence-electron chi connectivity index (χ3n) is 2.72. The van der Waals surface area contributed by atoms with Crippen molar-refractivity contribution in [3.63, 3.8) is 0 Å². The number of aliphatic hydroxyl groups excluding tert-OH is 2. The second kappa shape index (κ2) is 4.45. The molecule has 3 atom stereocenters. The van der Waals surface area contributed by atoms with E-state index in [0.29, 0.717) is 5.56 Å². The molecule has 1 aliphatic heterocycles. The molecule has 88 valence electrons. The van der Waals surface area contributed by atoms with E-state index in [0.717, 1.165) is 12.1 Å². The first-order valence-electron chi connectivity index (χ1n) is 5.01. The van der Waals surface area contributed by atoms with E-state index in [9.17, 15) is 13.9 Å². The molecular formula is C11H12F2O3. The fourth-order valence-electron chi connectivity index (χ4n) is 1.82. The molecule has 1 fully saturated rings. The summed E-state index contributed by atoms with van der Waals surface area (Å²) in [7, 11) is 0. The van der Waals surface area contributed by atoms with Crippen molar-refractivity contribution in [2.24, 2.45) is 0 Å². The highest BCUT2D eigenvalue weighted by Gasteiger charge is 2.34. The van der Waals surface area contributed by atoms with Crippen LogP contribution in [-0.2, 0) is 4.74 Å². The zero-order valence-corrected chi connectivity index (χ0v) is 8.44. The van der Waals surface area contributed by atoms with Crippen molar-refractivity contribution in [3.8, 4) is 0 Å². The van der Waals surface area contributed by atoms with Crippen molar-refractivity contribution in [3.05, 3.63) is 35.4 Å². The molecule has 1 aromatic carbocycles. The molecule has 1 aliphatic rings.